The van der Waals surface area contributed by atoms with E-state index >= 15 is 0 Å². The predicted molar refractivity (Wildman–Crippen MR) is 227 cm³/mol. The molecule has 4 aliphatic rings. The summed E-state index contributed by atoms with van der Waals surface area (Å²) >= 11 is 0. The quantitative estimate of drug-likeness (QED) is 0.0496. The number of methoxy groups -OCH3 is 2. The van der Waals surface area contributed by atoms with Gasteiger partial charge in [0.05, 0.1) is 49.3 Å². The van der Waals surface area contributed by atoms with Crippen molar-refractivity contribution in [3.05, 3.63) is 88.1 Å². The van der Waals surface area contributed by atoms with Gasteiger partial charge in [0.15, 0.2) is 28.8 Å². The zero-order valence-electron chi connectivity index (χ0n) is 33.6. The van der Waals surface area contributed by atoms with E-state index in [1.54, 1.807) is 12.1 Å². The fraction of sp³-hybridized carbons (Fsp3) is 0.405. The molecule has 19 heteroatoms. The molecule has 322 valence electrons. The fourth-order valence-corrected chi connectivity index (χ4v) is 9.61. The molecule has 61 heavy (non-hydrogen) atoms. The molecule has 2 fully saturated rings. The average Bonchev–Trinajstić information content (AvgIpc) is 3.81. The highest BCUT2D eigenvalue weighted by Crippen LogP contribution is 2.48. The Labute approximate surface area is 359 Å². The molecular formula is C42H45N5O12S2. The molecule has 3 amide bonds. The van der Waals surface area contributed by atoms with Gasteiger partial charge in [-0.15, -0.1) is 0 Å². The number of fused-ring (bicyclic) bond motifs is 4. The van der Waals surface area contributed by atoms with Crippen LogP contribution in [0.3, 0.4) is 0 Å². The number of aromatic nitrogens is 1. The van der Waals surface area contributed by atoms with Crippen LogP contribution in [-0.2, 0) is 9.53 Å². The second kappa shape index (κ2) is 18.9. The Bertz CT molecular complexity index is 2260. The minimum atomic E-state index is -1.39. The van der Waals surface area contributed by atoms with Crippen LogP contribution in [0.4, 0.5) is 21.9 Å². The third kappa shape index (κ3) is 9.28. The van der Waals surface area contributed by atoms with Gasteiger partial charge >= 0.3 is 6.09 Å². The zero-order chi connectivity index (χ0) is 43.4. The molecule has 1 unspecified atom stereocenters. The van der Waals surface area contributed by atoms with Crippen LogP contribution in [0.25, 0.3) is 0 Å². The van der Waals surface area contributed by atoms with Crippen LogP contribution in [0.15, 0.2) is 71.9 Å². The number of aliphatic hydroxyl groups excluding tert-OH is 1. The first-order valence-electron chi connectivity index (χ1n) is 19.6. The van der Waals surface area contributed by atoms with Crippen molar-refractivity contribution in [3.8, 4) is 23.0 Å². The van der Waals surface area contributed by atoms with E-state index in [2.05, 4.69) is 23.5 Å². The van der Waals surface area contributed by atoms with E-state index in [-0.39, 0.29) is 59.2 Å². The second-order valence-electron chi connectivity index (χ2n) is 14.9. The lowest BCUT2D eigenvalue weighted by Crippen LogP contribution is -2.45. The van der Waals surface area contributed by atoms with E-state index in [0.717, 1.165) is 16.0 Å². The molecule has 1 aromatic heterocycles. The Hall–Kier alpha value is -5.79. The molecule has 7 rings (SSSR count). The van der Waals surface area contributed by atoms with Crippen molar-refractivity contribution in [1.82, 2.24) is 9.88 Å². The van der Waals surface area contributed by atoms with Gasteiger partial charge in [0, 0.05) is 47.9 Å². The largest absolute Gasteiger partial charge is 0.493 e. The third-order valence-corrected chi connectivity index (χ3v) is 13.1. The van der Waals surface area contributed by atoms with Gasteiger partial charge in [-0.3, -0.25) is 29.4 Å². The van der Waals surface area contributed by atoms with Crippen LogP contribution in [-0.4, -0.2) is 102 Å². The molecule has 1 saturated heterocycles. The second-order valence-corrected chi connectivity index (χ2v) is 17.4. The molecule has 1 saturated carbocycles. The number of anilines is 2. The number of nitrogens with one attached hydrogen (secondary N) is 1. The number of hydrogen-bond donors (Lipinski definition) is 2. The van der Waals surface area contributed by atoms with Gasteiger partial charge in [-0.25, -0.2) is 9.78 Å². The topological polar surface area (TPSA) is 209 Å². The number of nitrogens with zero attached hydrogens (tertiary/aromatic N) is 4. The number of aliphatic hydroxyl groups is 1. The Morgan fingerprint density at radius 1 is 0.934 bits per heavy atom. The van der Waals surface area contributed by atoms with Gasteiger partial charge in [-0.05, 0) is 67.5 Å². The van der Waals surface area contributed by atoms with E-state index in [1.807, 2.05) is 0 Å². The molecule has 3 aromatic rings. The molecule has 0 bridgehead atoms. The van der Waals surface area contributed by atoms with Gasteiger partial charge in [0.1, 0.15) is 30.1 Å². The van der Waals surface area contributed by atoms with Crippen LogP contribution in [0.5, 0.6) is 23.0 Å². The summed E-state index contributed by atoms with van der Waals surface area (Å²) in [4.78, 5) is 71.1. The predicted octanol–water partition coefficient (Wildman–Crippen LogP) is 6.84. The molecule has 17 nitrogen and oxygen atoms in total. The summed E-state index contributed by atoms with van der Waals surface area (Å²) in [6.07, 6.45) is 2.01. The SMILES string of the molecule is C=C1CC2C(=O)c3cc(OC)c(OCCCCCOc4cc5c(cc4OC)C(=O)N4CC(=C)C[C@H]4C(=O)N5)cc3N(C(=O)OCCSSc3ccc([N+](=O)[O-])cn3)[C@@H](O)[C@@H]2C1. The Morgan fingerprint density at radius 2 is 1.64 bits per heavy atom. The summed E-state index contributed by atoms with van der Waals surface area (Å²) in [7, 11) is 5.53. The first kappa shape index (κ1) is 43.3. The third-order valence-electron chi connectivity index (χ3n) is 10.9. The first-order valence-corrected chi connectivity index (χ1v) is 21.9. The zero-order valence-corrected chi connectivity index (χ0v) is 35.2. The van der Waals surface area contributed by atoms with Gasteiger partial charge < -0.3 is 39.0 Å². The minimum absolute atomic E-state index is 0.0363. The number of carbonyl (C=O) groups excluding carboxylic acids is 4. The number of nitro groups is 1. The maximum atomic E-state index is 14.0. The molecule has 4 heterocycles. The van der Waals surface area contributed by atoms with Crippen LogP contribution in [0.1, 0.15) is 59.2 Å². The molecule has 4 atom stereocenters. The van der Waals surface area contributed by atoms with E-state index in [0.29, 0.717) is 85.2 Å². The first-order chi connectivity index (χ1) is 29.4. The lowest BCUT2D eigenvalue weighted by molar-refractivity contribution is -0.385. The number of pyridine rings is 1. The number of hydrogen-bond acceptors (Lipinski definition) is 15. The van der Waals surface area contributed by atoms with Crippen LogP contribution >= 0.6 is 21.6 Å². The van der Waals surface area contributed by atoms with Gasteiger partial charge in [0.2, 0.25) is 5.91 Å². The minimum Gasteiger partial charge on any atom is -0.493 e. The Kier molecular flexibility index (Phi) is 13.4. The van der Waals surface area contributed by atoms with Crippen LogP contribution in [0, 0.1) is 22.0 Å². The maximum Gasteiger partial charge on any atom is 0.416 e. The van der Waals surface area contributed by atoms with E-state index in [9.17, 15) is 34.4 Å². The number of ether oxygens (including phenoxy) is 5. The molecule has 1 aliphatic carbocycles. The number of Topliss-reactive ketones (excluding diaryl/α,β-unsaturated/α-hetero) is 1. The summed E-state index contributed by atoms with van der Waals surface area (Å²) in [5.74, 6) is -0.347. The van der Waals surface area contributed by atoms with Crippen molar-refractivity contribution in [2.45, 2.75) is 55.8 Å². The summed E-state index contributed by atoms with van der Waals surface area (Å²) < 4.78 is 29.0. The van der Waals surface area contributed by atoms with E-state index < -0.39 is 35.1 Å². The van der Waals surface area contributed by atoms with Crippen LogP contribution in [0.2, 0.25) is 0 Å². The summed E-state index contributed by atoms with van der Waals surface area (Å²) in [6, 6.07) is 8.53. The van der Waals surface area contributed by atoms with Crippen molar-refractivity contribution in [2.24, 2.45) is 11.8 Å². The number of allylic oxidation sites excluding steroid dienone is 1. The average molecular weight is 876 g/mol. The number of benzene rings is 2. The lowest BCUT2D eigenvalue weighted by atomic mass is 9.88. The van der Waals surface area contributed by atoms with Gasteiger partial charge in [0.25, 0.3) is 11.6 Å². The fourth-order valence-electron chi connectivity index (χ4n) is 7.92. The number of carbonyl (C=O) groups is 4. The highest BCUT2D eigenvalue weighted by atomic mass is 33.1. The lowest BCUT2D eigenvalue weighted by Gasteiger charge is -2.31. The molecular weight excluding hydrogens is 831 g/mol. The van der Waals surface area contributed by atoms with Gasteiger partial charge in [-0.2, -0.15) is 0 Å². The van der Waals surface area contributed by atoms with E-state index in [1.165, 1.54) is 71.2 Å². The van der Waals surface area contributed by atoms with Crippen molar-refractivity contribution in [3.63, 3.8) is 0 Å². The number of rotatable bonds is 16. The number of unbranched alkanes of at least 4 members (excludes halogenated alkanes) is 2. The smallest absolute Gasteiger partial charge is 0.416 e. The number of ketones is 1. The van der Waals surface area contributed by atoms with Crippen molar-refractivity contribution < 1.29 is 52.9 Å². The van der Waals surface area contributed by atoms with Crippen LogP contribution < -0.4 is 29.2 Å². The van der Waals surface area contributed by atoms with E-state index in [4.69, 9.17) is 23.7 Å². The van der Waals surface area contributed by atoms with Crippen molar-refractivity contribution in [1.29, 1.82) is 0 Å². The molecule has 3 aliphatic heterocycles. The highest BCUT2D eigenvalue weighted by molar-refractivity contribution is 8.76. The Balaban J connectivity index is 0.965. The normalized spacial score (nSPS) is 20.5. The maximum absolute atomic E-state index is 14.0. The van der Waals surface area contributed by atoms with Gasteiger partial charge in [-0.1, -0.05) is 35.1 Å². The summed E-state index contributed by atoms with van der Waals surface area (Å²) in [5.41, 5.74) is 2.52. The molecule has 2 aromatic carbocycles. The van der Waals surface area contributed by atoms with Crippen molar-refractivity contribution >= 4 is 62.3 Å². The molecule has 0 radical (unpaired) electrons. The number of amides is 3. The highest BCUT2D eigenvalue weighted by Gasteiger charge is 2.48. The molecule has 0 spiro atoms. The summed E-state index contributed by atoms with van der Waals surface area (Å²) in [6.45, 7) is 8.84. The summed E-state index contributed by atoms with van der Waals surface area (Å²) in [5, 5.41) is 26.0. The monoisotopic (exact) mass is 875 g/mol. The molecule has 2 N–H and O–H groups in total. The van der Waals surface area contributed by atoms with Crippen molar-refractivity contribution in [2.75, 3.05) is 56.6 Å². The Morgan fingerprint density at radius 3 is 2.31 bits per heavy atom. The standard InChI is InChI=1S/C42H45N5O12S2/c1-23-14-26-27(15-23)41(51)46(42(52)59-12-13-60-61-37-9-8-25(21-43-37)47(53)54)31-20-36(34(56-4)18-29(31)38(26)48)58-11-7-5-6-10-57-35-19-30-28(17-33(35)55-3)40(50)45-22-24(2)16-32(45)39(49)44-30/h8-9,17-21,26-27,32,41,51H,1-2,5-7,10-16,22H2,3-4H3,(H,44,49)/t26?,27-,32+,41+/m1/s1.